The normalized spacial score (nSPS) is 19.6. The van der Waals surface area contributed by atoms with E-state index in [-0.39, 0.29) is 24.5 Å². The Morgan fingerprint density at radius 3 is 3.06 bits per heavy atom. The molecule has 1 unspecified atom stereocenters. The first kappa shape index (κ1) is 11.8. The minimum absolute atomic E-state index is 0.00538. The summed E-state index contributed by atoms with van der Waals surface area (Å²) in [4.78, 5) is 10.6. The van der Waals surface area contributed by atoms with Gasteiger partial charge in [-0.2, -0.15) is 13.9 Å². The van der Waals surface area contributed by atoms with Gasteiger partial charge in [0.15, 0.2) is 11.8 Å². The summed E-state index contributed by atoms with van der Waals surface area (Å²) in [5.74, 6) is -1.22. The van der Waals surface area contributed by atoms with Gasteiger partial charge < -0.3 is 14.6 Å². The second-order valence-corrected chi connectivity index (χ2v) is 3.56. The Morgan fingerprint density at radius 2 is 2.47 bits per heavy atom. The average Bonchev–Trinajstić information content (AvgIpc) is 2.71. The predicted molar refractivity (Wildman–Crippen MR) is 50.2 cm³/mol. The lowest BCUT2D eigenvalue weighted by Gasteiger charge is -2.29. The smallest absolute Gasteiger partial charge is 0.392 e. The number of carboxylic acids is 1. The molecule has 0 aliphatic carbocycles. The maximum atomic E-state index is 13.2. The van der Waals surface area contributed by atoms with Gasteiger partial charge in [0.2, 0.25) is 5.88 Å². The first-order valence-corrected chi connectivity index (χ1v) is 4.85. The van der Waals surface area contributed by atoms with Crippen molar-refractivity contribution in [1.82, 2.24) is 9.78 Å². The number of ether oxygens (including phenoxy) is 2. The number of halogens is 2. The molecule has 2 heterocycles. The number of alkyl halides is 2. The van der Waals surface area contributed by atoms with Gasteiger partial charge in [0.1, 0.15) is 0 Å². The van der Waals surface area contributed by atoms with E-state index in [4.69, 9.17) is 9.84 Å². The molecule has 1 aromatic heterocycles. The minimum Gasteiger partial charge on any atom is -0.476 e. The van der Waals surface area contributed by atoms with Crippen molar-refractivity contribution in [3.8, 4) is 5.88 Å². The third kappa shape index (κ3) is 2.07. The SMILES string of the molecule is COC(F)(F)C1CCn2nc(C(=O)O)cc2O1. The summed E-state index contributed by atoms with van der Waals surface area (Å²) in [6.07, 6.45) is -4.84. The van der Waals surface area contributed by atoms with Crippen LogP contribution in [-0.4, -0.2) is 40.2 Å². The molecule has 0 spiro atoms. The van der Waals surface area contributed by atoms with Crippen LogP contribution in [0.25, 0.3) is 0 Å². The fraction of sp³-hybridized carbons (Fsp3) is 0.556. The van der Waals surface area contributed by atoms with E-state index in [2.05, 4.69) is 9.84 Å². The van der Waals surface area contributed by atoms with E-state index in [0.29, 0.717) is 0 Å². The van der Waals surface area contributed by atoms with Gasteiger partial charge in [-0.1, -0.05) is 0 Å². The molecule has 1 aliphatic rings. The van der Waals surface area contributed by atoms with Gasteiger partial charge in [0.05, 0.1) is 0 Å². The number of carboxylic acid groups (broad SMARTS) is 1. The molecule has 1 aromatic rings. The summed E-state index contributed by atoms with van der Waals surface area (Å²) >= 11 is 0. The summed E-state index contributed by atoms with van der Waals surface area (Å²) < 4.78 is 36.7. The van der Waals surface area contributed by atoms with E-state index in [1.165, 1.54) is 4.68 Å². The van der Waals surface area contributed by atoms with Crippen molar-refractivity contribution in [2.24, 2.45) is 0 Å². The van der Waals surface area contributed by atoms with Gasteiger partial charge in [-0.15, -0.1) is 0 Å². The summed E-state index contributed by atoms with van der Waals surface area (Å²) in [7, 11) is 0.887. The lowest BCUT2D eigenvalue weighted by molar-refractivity contribution is -0.274. The maximum Gasteiger partial charge on any atom is 0.392 e. The molecule has 0 saturated heterocycles. The minimum atomic E-state index is -3.40. The zero-order valence-electron chi connectivity index (χ0n) is 8.89. The van der Waals surface area contributed by atoms with Crippen LogP contribution in [0.3, 0.4) is 0 Å². The first-order valence-electron chi connectivity index (χ1n) is 4.85. The van der Waals surface area contributed by atoms with E-state index in [9.17, 15) is 13.6 Å². The Hall–Kier alpha value is -1.70. The van der Waals surface area contributed by atoms with Crippen molar-refractivity contribution in [3.63, 3.8) is 0 Å². The molecular weight excluding hydrogens is 238 g/mol. The fourth-order valence-electron chi connectivity index (χ4n) is 1.57. The Labute approximate surface area is 94.7 Å². The topological polar surface area (TPSA) is 73.6 Å². The number of nitrogens with zero attached hydrogens (tertiary/aromatic N) is 2. The third-order valence-electron chi connectivity index (χ3n) is 2.48. The number of rotatable bonds is 3. The highest BCUT2D eigenvalue weighted by Gasteiger charge is 2.44. The highest BCUT2D eigenvalue weighted by molar-refractivity contribution is 5.85. The zero-order valence-corrected chi connectivity index (χ0v) is 8.89. The fourth-order valence-corrected chi connectivity index (χ4v) is 1.57. The highest BCUT2D eigenvalue weighted by Crippen LogP contribution is 2.31. The van der Waals surface area contributed by atoms with Crippen molar-refractivity contribution >= 4 is 5.97 Å². The Balaban J connectivity index is 2.21. The van der Waals surface area contributed by atoms with Gasteiger partial charge in [0.25, 0.3) is 0 Å². The number of hydrogen-bond acceptors (Lipinski definition) is 4. The van der Waals surface area contributed by atoms with Crippen LogP contribution in [0.4, 0.5) is 8.78 Å². The largest absolute Gasteiger partial charge is 0.476 e. The molecular formula is C9H10F2N2O4. The monoisotopic (exact) mass is 248 g/mol. The number of aromatic carboxylic acids is 1. The number of hydrogen-bond donors (Lipinski definition) is 1. The van der Waals surface area contributed by atoms with Crippen LogP contribution in [0, 0.1) is 0 Å². The molecule has 0 bridgehead atoms. The van der Waals surface area contributed by atoms with Gasteiger partial charge in [-0.3, -0.25) is 0 Å². The van der Waals surface area contributed by atoms with Crippen molar-refractivity contribution < 1.29 is 28.2 Å². The van der Waals surface area contributed by atoms with Gasteiger partial charge >= 0.3 is 12.1 Å². The van der Waals surface area contributed by atoms with E-state index < -0.39 is 18.2 Å². The lowest BCUT2D eigenvalue weighted by atomic mass is 10.2. The van der Waals surface area contributed by atoms with Crippen molar-refractivity contribution in [3.05, 3.63) is 11.8 Å². The highest BCUT2D eigenvalue weighted by atomic mass is 19.3. The van der Waals surface area contributed by atoms with E-state index >= 15 is 0 Å². The first-order chi connectivity index (χ1) is 7.94. The predicted octanol–water partition coefficient (Wildman–Crippen LogP) is 0.972. The molecule has 0 aromatic carbocycles. The van der Waals surface area contributed by atoms with E-state index in [1.807, 2.05) is 0 Å². The Bertz CT molecular complexity index is 446. The molecule has 1 aliphatic heterocycles. The van der Waals surface area contributed by atoms with Crippen LogP contribution in [0.15, 0.2) is 6.07 Å². The molecule has 2 rings (SSSR count). The summed E-state index contributed by atoms with van der Waals surface area (Å²) in [6.45, 7) is 0.159. The number of fused-ring (bicyclic) bond motifs is 1. The number of carbonyl (C=O) groups is 1. The second kappa shape index (κ2) is 3.95. The van der Waals surface area contributed by atoms with Crippen LogP contribution < -0.4 is 4.74 Å². The third-order valence-corrected chi connectivity index (χ3v) is 2.48. The van der Waals surface area contributed by atoms with Crippen molar-refractivity contribution in [1.29, 1.82) is 0 Å². The standard InChI is InChI=1S/C9H10F2N2O4/c1-16-9(10,11)6-2-3-13-7(17-6)4-5(12-13)8(14)15/h4,6H,2-3H2,1H3,(H,14,15). The molecule has 17 heavy (non-hydrogen) atoms. The van der Waals surface area contributed by atoms with Crippen molar-refractivity contribution in [2.75, 3.05) is 7.11 Å². The van der Waals surface area contributed by atoms with Gasteiger partial charge in [-0.25, -0.2) is 9.48 Å². The Kier molecular flexibility index (Phi) is 2.74. The molecule has 0 fully saturated rings. The molecule has 6 nitrogen and oxygen atoms in total. The summed E-state index contributed by atoms with van der Waals surface area (Å²) in [5.41, 5.74) is -0.235. The quantitative estimate of drug-likeness (QED) is 0.862. The summed E-state index contributed by atoms with van der Waals surface area (Å²) in [5, 5.41) is 12.4. The molecule has 1 N–H and O–H groups in total. The zero-order chi connectivity index (χ0) is 12.6. The average molecular weight is 248 g/mol. The molecule has 0 amide bonds. The van der Waals surface area contributed by atoms with Crippen LogP contribution in [0.1, 0.15) is 16.9 Å². The van der Waals surface area contributed by atoms with Crippen LogP contribution in [-0.2, 0) is 11.3 Å². The number of aryl methyl sites for hydroxylation is 1. The Morgan fingerprint density at radius 1 is 1.76 bits per heavy atom. The van der Waals surface area contributed by atoms with Gasteiger partial charge in [0, 0.05) is 26.1 Å². The van der Waals surface area contributed by atoms with Crippen LogP contribution in [0.2, 0.25) is 0 Å². The number of methoxy groups -OCH3 is 1. The molecule has 0 saturated carbocycles. The van der Waals surface area contributed by atoms with Crippen molar-refractivity contribution in [2.45, 2.75) is 25.2 Å². The molecule has 94 valence electrons. The second-order valence-electron chi connectivity index (χ2n) is 3.56. The molecule has 0 radical (unpaired) electrons. The molecule has 1 atom stereocenters. The van der Waals surface area contributed by atoms with Crippen LogP contribution >= 0.6 is 0 Å². The number of aromatic nitrogens is 2. The van der Waals surface area contributed by atoms with E-state index in [0.717, 1.165) is 13.2 Å². The van der Waals surface area contributed by atoms with E-state index in [1.54, 1.807) is 0 Å². The molecule has 8 heteroatoms. The maximum absolute atomic E-state index is 13.2. The van der Waals surface area contributed by atoms with Crippen LogP contribution in [0.5, 0.6) is 5.88 Å². The summed E-state index contributed by atoms with van der Waals surface area (Å²) in [6, 6.07) is 1.11. The lowest BCUT2D eigenvalue weighted by Crippen LogP contribution is -2.43. The van der Waals surface area contributed by atoms with Gasteiger partial charge in [-0.05, 0) is 0 Å².